The van der Waals surface area contributed by atoms with Crippen LogP contribution >= 0.6 is 22.7 Å². The highest BCUT2D eigenvalue weighted by molar-refractivity contribution is 7.28. The van der Waals surface area contributed by atoms with Gasteiger partial charge < -0.3 is 5.11 Å². The number of carboxylic acids is 1. The van der Waals surface area contributed by atoms with Gasteiger partial charge in [0.1, 0.15) is 0 Å². The molecule has 0 unspecified atom stereocenters. The fourth-order valence-electron chi connectivity index (χ4n) is 1.79. The minimum Gasteiger partial charge on any atom is -0.481 e. The van der Waals surface area contributed by atoms with Gasteiger partial charge in [0, 0.05) is 22.4 Å². The number of tetrazole rings is 1. The summed E-state index contributed by atoms with van der Waals surface area (Å²) in [4.78, 5) is 11.5. The monoisotopic (exact) mass is 294 g/mol. The van der Waals surface area contributed by atoms with Crippen LogP contribution in [0, 0.1) is 0 Å². The number of rotatable bonds is 5. The van der Waals surface area contributed by atoms with Gasteiger partial charge in [0.05, 0.1) is 4.88 Å². The highest BCUT2D eigenvalue weighted by Crippen LogP contribution is 2.35. The van der Waals surface area contributed by atoms with Crippen LogP contribution < -0.4 is 0 Å². The van der Waals surface area contributed by atoms with E-state index in [9.17, 15) is 4.79 Å². The average molecular weight is 294 g/mol. The Balaban J connectivity index is 1.83. The number of carbonyl (C=O) groups is 1. The molecule has 0 atom stereocenters. The first-order valence-corrected chi connectivity index (χ1v) is 7.39. The maximum atomic E-state index is 10.5. The second-order valence-corrected chi connectivity index (χ2v) is 6.01. The van der Waals surface area contributed by atoms with Crippen molar-refractivity contribution in [1.82, 2.24) is 20.2 Å². The third-order valence-corrected chi connectivity index (χ3v) is 4.74. The maximum Gasteiger partial charge on any atom is 0.303 e. The SMILES string of the molecule is O=C(O)CCCn1nnnc1-c1cc2sccc2s1. The normalized spacial score (nSPS) is 11.2. The van der Waals surface area contributed by atoms with Crippen LogP contribution in [-0.2, 0) is 11.3 Å². The lowest BCUT2D eigenvalue weighted by atomic mass is 10.3. The quantitative estimate of drug-likeness (QED) is 0.782. The summed E-state index contributed by atoms with van der Waals surface area (Å²) >= 11 is 3.33. The van der Waals surface area contributed by atoms with Crippen molar-refractivity contribution in [3.63, 3.8) is 0 Å². The molecule has 0 saturated heterocycles. The van der Waals surface area contributed by atoms with Crippen LogP contribution in [0.5, 0.6) is 0 Å². The summed E-state index contributed by atoms with van der Waals surface area (Å²) < 4.78 is 4.11. The first-order chi connectivity index (χ1) is 9.24. The molecule has 0 spiro atoms. The molecule has 8 heteroatoms. The highest BCUT2D eigenvalue weighted by atomic mass is 32.1. The summed E-state index contributed by atoms with van der Waals surface area (Å²) in [5, 5.41) is 22.3. The molecular formula is C11H10N4O2S2. The van der Waals surface area contributed by atoms with E-state index in [-0.39, 0.29) is 6.42 Å². The lowest BCUT2D eigenvalue weighted by molar-refractivity contribution is -0.137. The number of fused-ring (bicyclic) bond motifs is 1. The summed E-state index contributed by atoms with van der Waals surface area (Å²) in [6, 6.07) is 4.15. The zero-order chi connectivity index (χ0) is 13.2. The smallest absolute Gasteiger partial charge is 0.303 e. The summed E-state index contributed by atoms with van der Waals surface area (Å²) in [5.41, 5.74) is 0. The van der Waals surface area contributed by atoms with Gasteiger partial charge in [-0.1, -0.05) is 0 Å². The van der Waals surface area contributed by atoms with Gasteiger partial charge in [-0.3, -0.25) is 4.79 Å². The van der Waals surface area contributed by atoms with Crippen LogP contribution in [0.15, 0.2) is 17.5 Å². The van der Waals surface area contributed by atoms with Crippen molar-refractivity contribution >= 4 is 38.0 Å². The number of carboxylic acid groups (broad SMARTS) is 1. The third kappa shape index (κ3) is 2.49. The fraction of sp³-hybridized carbons (Fsp3) is 0.273. The maximum absolute atomic E-state index is 10.5. The molecule has 0 fully saturated rings. The molecule has 3 rings (SSSR count). The van der Waals surface area contributed by atoms with Gasteiger partial charge in [-0.25, -0.2) is 4.68 Å². The Labute approximate surface area is 116 Å². The van der Waals surface area contributed by atoms with E-state index in [4.69, 9.17) is 5.11 Å². The van der Waals surface area contributed by atoms with E-state index in [1.54, 1.807) is 27.4 Å². The Hall–Kier alpha value is -1.80. The molecule has 0 radical (unpaired) electrons. The number of hydrogen-bond donors (Lipinski definition) is 1. The van der Waals surface area contributed by atoms with Crippen molar-refractivity contribution in [3.8, 4) is 10.7 Å². The zero-order valence-electron chi connectivity index (χ0n) is 9.81. The lowest BCUT2D eigenvalue weighted by Crippen LogP contribution is -2.05. The molecule has 3 aromatic heterocycles. The molecule has 0 aliphatic heterocycles. The molecule has 0 aliphatic rings. The van der Waals surface area contributed by atoms with Crippen molar-refractivity contribution in [2.24, 2.45) is 0 Å². The van der Waals surface area contributed by atoms with Crippen LogP contribution in [0.3, 0.4) is 0 Å². The van der Waals surface area contributed by atoms with Crippen molar-refractivity contribution < 1.29 is 9.90 Å². The van der Waals surface area contributed by atoms with Crippen molar-refractivity contribution in [2.45, 2.75) is 19.4 Å². The van der Waals surface area contributed by atoms with Gasteiger partial charge in [-0.2, -0.15) is 0 Å². The predicted octanol–water partition coefficient (Wildman–Crippen LogP) is 2.48. The Morgan fingerprint density at radius 1 is 1.42 bits per heavy atom. The van der Waals surface area contributed by atoms with Gasteiger partial charge in [-0.15, -0.1) is 27.8 Å². The highest BCUT2D eigenvalue weighted by Gasteiger charge is 2.13. The molecule has 0 amide bonds. The number of aliphatic carboxylic acids is 1. The summed E-state index contributed by atoms with van der Waals surface area (Å²) in [7, 11) is 0. The van der Waals surface area contributed by atoms with Crippen molar-refractivity contribution in [3.05, 3.63) is 17.5 Å². The topological polar surface area (TPSA) is 80.9 Å². The number of thiophene rings is 2. The van der Waals surface area contributed by atoms with E-state index in [0.717, 1.165) is 4.88 Å². The Morgan fingerprint density at radius 3 is 3.11 bits per heavy atom. The van der Waals surface area contributed by atoms with Crippen molar-refractivity contribution in [2.75, 3.05) is 0 Å². The molecule has 0 aromatic carbocycles. The van der Waals surface area contributed by atoms with Crippen LogP contribution in [0.1, 0.15) is 12.8 Å². The molecule has 0 saturated carbocycles. The molecule has 19 heavy (non-hydrogen) atoms. The van der Waals surface area contributed by atoms with Crippen LogP contribution in [0.4, 0.5) is 0 Å². The van der Waals surface area contributed by atoms with Gasteiger partial charge in [0.15, 0.2) is 5.82 Å². The Kier molecular flexibility index (Phi) is 3.26. The van der Waals surface area contributed by atoms with E-state index in [2.05, 4.69) is 33.0 Å². The van der Waals surface area contributed by atoms with Gasteiger partial charge in [0.2, 0.25) is 0 Å². The minimum atomic E-state index is -0.800. The molecule has 6 nitrogen and oxygen atoms in total. The van der Waals surface area contributed by atoms with Crippen molar-refractivity contribution in [1.29, 1.82) is 0 Å². The molecule has 3 heterocycles. The van der Waals surface area contributed by atoms with E-state index >= 15 is 0 Å². The number of nitrogens with zero attached hydrogens (tertiary/aromatic N) is 4. The molecule has 1 N–H and O–H groups in total. The minimum absolute atomic E-state index is 0.124. The van der Waals surface area contributed by atoms with Gasteiger partial charge in [0.25, 0.3) is 0 Å². The van der Waals surface area contributed by atoms with Crippen LogP contribution in [-0.4, -0.2) is 31.3 Å². The second-order valence-electron chi connectivity index (χ2n) is 3.98. The van der Waals surface area contributed by atoms with E-state index in [1.165, 1.54) is 9.40 Å². The summed E-state index contributed by atoms with van der Waals surface area (Å²) in [6.45, 7) is 0.514. The van der Waals surface area contributed by atoms with E-state index in [1.807, 2.05) is 0 Å². The largest absolute Gasteiger partial charge is 0.481 e. The molecule has 98 valence electrons. The van der Waals surface area contributed by atoms with Gasteiger partial charge >= 0.3 is 5.97 Å². The number of aryl methyl sites for hydroxylation is 1. The zero-order valence-corrected chi connectivity index (χ0v) is 11.4. The van der Waals surface area contributed by atoms with Crippen LogP contribution in [0.25, 0.3) is 20.1 Å². The first-order valence-electron chi connectivity index (χ1n) is 5.69. The Morgan fingerprint density at radius 2 is 2.32 bits per heavy atom. The second kappa shape index (κ2) is 5.06. The molecule has 3 aromatic rings. The van der Waals surface area contributed by atoms with Gasteiger partial charge in [-0.05, 0) is 34.4 Å². The summed E-state index contributed by atoms with van der Waals surface area (Å²) in [6.07, 6.45) is 0.645. The van der Waals surface area contributed by atoms with Crippen LogP contribution in [0.2, 0.25) is 0 Å². The molecular weight excluding hydrogens is 284 g/mol. The average Bonchev–Trinajstić information content (AvgIpc) is 3.00. The molecule has 0 aliphatic carbocycles. The third-order valence-electron chi connectivity index (χ3n) is 2.65. The predicted molar refractivity (Wildman–Crippen MR) is 73.4 cm³/mol. The molecule has 0 bridgehead atoms. The fourth-order valence-corrected chi connectivity index (χ4v) is 3.89. The number of aromatic nitrogens is 4. The first kappa shape index (κ1) is 12.2. The van der Waals surface area contributed by atoms with E-state index in [0.29, 0.717) is 18.8 Å². The number of hydrogen-bond acceptors (Lipinski definition) is 6. The summed E-state index contributed by atoms with van der Waals surface area (Å²) in [5.74, 6) is -0.0925. The van der Waals surface area contributed by atoms with E-state index < -0.39 is 5.97 Å². The standard InChI is InChI=1S/C11H10N4O2S2/c16-10(17)2-1-4-15-11(12-13-14-15)9-6-8-7(19-9)3-5-18-8/h3,5-6H,1-2,4H2,(H,16,17). The Bertz CT molecular complexity index is 687. The lowest BCUT2D eigenvalue weighted by Gasteiger charge is -2.01.